The number of methoxy groups -OCH3 is 2. The summed E-state index contributed by atoms with van der Waals surface area (Å²) in [6.07, 6.45) is 0. The average Bonchev–Trinajstić information content (AvgIpc) is 3.24. The molecule has 168 valence electrons. The Morgan fingerprint density at radius 1 is 0.906 bits per heavy atom. The topological polar surface area (TPSA) is 73.7 Å². The quantitative estimate of drug-likeness (QED) is 0.337. The summed E-state index contributed by atoms with van der Waals surface area (Å²) in [5.41, 5.74) is 2.53. The maximum atomic E-state index is 12.7. The summed E-state index contributed by atoms with van der Waals surface area (Å²) in [6, 6.07) is 16.5. The molecule has 0 N–H and O–H groups in total. The van der Waals surface area contributed by atoms with Crippen LogP contribution in [-0.2, 0) is 9.47 Å². The molecule has 0 saturated carbocycles. The molecular weight excluding hydrogens is 453 g/mol. The minimum atomic E-state index is -0.694. The maximum absolute atomic E-state index is 12.7. The normalized spacial score (nSPS) is 10.6. The summed E-state index contributed by atoms with van der Waals surface area (Å²) in [5.74, 6) is -0.443. The number of carbonyl (C=O) groups excluding carboxylic acids is 2. The first-order valence-electron chi connectivity index (χ1n) is 9.88. The molecule has 0 bridgehead atoms. The van der Waals surface area contributed by atoms with Crippen molar-refractivity contribution in [3.8, 4) is 16.9 Å². The molecule has 0 unspecified atom stereocenters. The van der Waals surface area contributed by atoms with Gasteiger partial charge in [-0.25, -0.2) is 14.3 Å². The van der Waals surface area contributed by atoms with Gasteiger partial charge in [-0.15, -0.1) is 23.2 Å². The molecule has 1 aromatic heterocycles. The molecule has 7 nitrogen and oxygen atoms in total. The molecule has 3 rings (SSSR count). The highest BCUT2D eigenvalue weighted by Gasteiger charge is 2.31. The molecule has 0 aliphatic heterocycles. The summed E-state index contributed by atoms with van der Waals surface area (Å²) < 4.78 is 11.3. The molecule has 0 aliphatic rings. The minimum Gasteiger partial charge on any atom is -0.465 e. The van der Waals surface area contributed by atoms with Crippen molar-refractivity contribution in [1.29, 1.82) is 0 Å². The van der Waals surface area contributed by atoms with Gasteiger partial charge in [0.05, 0.1) is 19.9 Å². The highest BCUT2D eigenvalue weighted by atomic mass is 35.5. The van der Waals surface area contributed by atoms with Crippen molar-refractivity contribution in [1.82, 2.24) is 9.78 Å². The number of nitrogens with zero attached hydrogens (tertiary/aromatic N) is 3. The Hall–Kier alpha value is -3.03. The first kappa shape index (κ1) is 23.6. The number of hydrogen-bond acceptors (Lipinski definition) is 6. The Bertz CT molecular complexity index is 1060. The van der Waals surface area contributed by atoms with E-state index in [-0.39, 0.29) is 11.3 Å². The summed E-state index contributed by atoms with van der Waals surface area (Å²) in [4.78, 5) is 27.4. The van der Waals surface area contributed by atoms with Gasteiger partial charge < -0.3 is 14.4 Å². The van der Waals surface area contributed by atoms with Gasteiger partial charge in [0.15, 0.2) is 5.69 Å². The number of aromatic nitrogens is 2. The summed E-state index contributed by atoms with van der Waals surface area (Å²) in [7, 11) is 2.51. The van der Waals surface area contributed by atoms with E-state index in [0.717, 1.165) is 5.69 Å². The minimum absolute atomic E-state index is 0.00414. The molecule has 0 spiro atoms. The zero-order valence-electron chi connectivity index (χ0n) is 17.8. The molecule has 0 saturated heterocycles. The predicted molar refractivity (Wildman–Crippen MR) is 125 cm³/mol. The van der Waals surface area contributed by atoms with Crippen LogP contribution in [0.2, 0.25) is 0 Å². The van der Waals surface area contributed by atoms with Crippen molar-refractivity contribution in [2.24, 2.45) is 0 Å². The molecular formula is C23H23Cl2N3O4. The van der Waals surface area contributed by atoms with E-state index >= 15 is 0 Å². The van der Waals surface area contributed by atoms with E-state index in [9.17, 15) is 9.59 Å². The van der Waals surface area contributed by atoms with Crippen LogP contribution in [0, 0.1) is 0 Å². The molecule has 0 atom stereocenters. The van der Waals surface area contributed by atoms with Gasteiger partial charge in [-0.2, -0.15) is 5.10 Å². The lowest BCUT2D eigenvalue weighted by molar-refractivity contribution is 0.0549. The number of rotatable bonds is 9. The molecule has 32 heavy (non-hydrogen) atoms. The number of para-hydroxylation sites is 1. The van der Waals surface area contributed by atoms with Crippen LogP contribution in [0.1, 0.15) is 20.8 Å². The van der Waals surface area contributed by atoms with Crippen molar-refractivity contribution in [2.45, 2.75) is 0 Å². The van der Waals surface area contributed by atoms with E-state index in [1.807, 2.05) is 42.5 Å². The van der Waals surface area contributed by atoms with Gasteiger partial charge in [0, 0.05) is 36.1 Å². The zero-order valence-corrected chi connectivity index (χ0v) is 19.3. The van der Waals surface area contributed by atoms with Crippen LogP contribution in [0.3, 0.4) is 0 Å². The Labute approximate surface area is 196 Å². The molecule has 0 amide bonds. The van der Waals surface area contributed by atoms with Crippen LogP contribution < -0.4 is 4.90 Å². The number of alkyl halides is 2. The molecule has 3 aromatic rings. The van der Waals surface area contributed by atoms with Crippen LogP contribution in [0.15, 0.2) is 54.6 Å². The smallest absolute Gasteiger partial charge is 0.357 e. The maximum Gasteiger partial charge on any atom is 0.357 e. The lowest BCUT2D eigenvalue weighted by Gasteiger charge is -2.22. The zero-order chi connectivity index (χ0) is 23.1. The molecule has 9 heteroatoms. The van der Waals surface area contributed by atoms with Gasteiger partial charge >= 0.3 is 11.9 Å². The van der Waals surface area contributed by atoms with Crippen molar-refractivity contribution >= 4 is 40.8 Å². The SMILES string of the molecule is COC(=O)c1c(-c2ccc(N(CCCl)CCCl)cc2)nn(-c2ccccc2)c1C(=O)OC. The second-order valence-electron chi connectivity index (χ2n) is 6.71. The first-order valence-corrected chi connectivity index (χ1v) is 10.9. The number of hydrogen-bond donors (Lipinski definition) is 0. The van der Waals surface area contributed by atoms with E-state index in [2.05, 4.69) is 10.00 Å². The fraction of sp³-hybridized carbons (Fsp3) is 0.261. The van der Waals surface area contributed by atoms with Crippen LogP contribution in [0.5, 0.6) is 0 Å². The van der Waals surface area contributed by atoms with E-state index in [1.54, 1.807) is 12.1 Å². The molecule has 0 radical (unpaired) electrons. The third-order valence-electron chi connectivity index (χ3n) is 4.87. The Kier molecular flexibility index (Phi) is 8.14. The average molecular weight is 476 g/mol. The molecule has 2 aromatic carbocycles. The summed E-state index contributed by atoms with van der Waals surface area (Å²) in [6.45, 7) is 1.30. The fourth-order valence-electron chi connectivity index (χ4n) is 3.36. The number of halogens is 2. The van der Waals surface area contributed by atoms with E-state index in [1.165, 1.54) is 18.9 Å². The van der Waals surface area contributed by atoms with E-state index < -0.39 is 11.9 Å². The third-order valence-corrected chi connectivity index (χ3v) is 5.21. The fourth-order valence-corrected chi connectivity index (χ4v) is 3.77. The summed E-state index contributed by atoms with van der Waals surface area (Å²) >= 11 is 11.8. The molecule has 1 heterocycles. The first-order chi connectivity index (χ1) is 15.5. The van der Waals surface area contributed by atoms with Gasteiger partial charge in [-0.1, -0.05) is 30.3 Å². The Morgan fingerprint density at radius 2 is 1.50 bits per heavy atom. The van der Waals surface area contributed by atoms with Gasteiger partial charge in [0.1, 0.15) is 11.3 Å². The monoisotopic (exact) mass is 475 g/mol. The standard InChI is InChI=1S/C23H23Cl2N3O4/c1-31-22(29)19-20(16-8-10-17(11-9-16)27(14-12-24)15-13-25)26-28(21(19)23(30)32-2)18-6-4-3-5-7-18/h3-11H,12-15H2,1-2H3. The predicted octanol–water partition coefficient (Wildman–Crippen LogP) is 4.40. The number of carbonyl (C=O) groups is 2. The van der Waals surface area contributed by atoms with Crippen molar-refractivity contribution < 1.29 is 19.1 Å². The molecule has 0 fully saturated rings. The molecule has 0 aliphatic carbocycles. The van der Waals surface area contributed by atoms with Crippen molar-refractivity contribution in [2.75, 3.05) is 44.0 Å². The Balaban J connectivity index is 2.16. The lowest BCUT2D eigenvalue weighted by atomic mass is 10.0. The number of benzene rings is 2. The van der Waals surface area contributed by atoms with Crippen LogP contribution in [-0.4, -0.2) is 60.8 Å². The number of esters is 2. The van der Waals surface area contributed by atoms with Gasteiger partial charge in [-0.3, -0.25) is 0 Å². The van der Waals surface area contributed by atoms with Gasteiger partial charge in [0.25, 0.3) is 0 Å². The van der Waals surface area contributed by atoms with Crippen molar-refractivity contribution in [3.05, 3.63) is 65.9 Å². The highest BCUT2D eigenvalue weighted by molar-refractivity contribution is 6.18. The van der Waals surface area contributed by atoms with Gasteiger partial charge in [-0.05, 0) is 24.3 Å². The second-order valence-corrected chi connectivity index (χ2v) is 7.47. The van der Waals surface area contributed by atoms with E-state index in [4.69, 9.17) is 32.7 Å². The van der Waals surface area contributed by atoms with E-state index in [0.29, 0.717) is 41.8 Å². The number of ether oxygens (including phenoxy) is 2. The van der Waals surface area contributed by atoms with Crippen LogP contribution in [0.25, 0.3) is 16.9 Å². The summed E-state index contributed by atoms with van der Waals surface area (Å²) in [5, 5.41) is 4.60. The second kappa shape index (κ2) is 11.0. The van der Waals surface area contributed by atoms with Gasteiger partial charge in [0.2, 0.25) is 0 Å². The van der Waals surface area contributed by atoms with Crippen LogP contribution in [0.4, 0.5) is 5.69 Å². The highest BCUT2D eigenvalue weighted by Crippen LogP contribution is 2.30. The Morgan fingerprint density at radius 3 is 2.03 bits per heavy atom. The number of anilines is 1. The van der Waals surface area contributed by atoms with Crippen LogP contribution >= 0.6 is 23.2 Å². The third kappa shape index (κ3) is 4.89. The van der Waals surface area contributed by atoms with Crippen molar-refractivity contribution in [3.63, 3.8) is 0 Å². The lowest BCUT2D eigenvalue weighted by Crippen LogP contribution is -2.27. The largest absolute Gasteiger partial charge is 0.465 e.